The van der Waals surface area contributed by atoms with Crippen LogP contribution in [-0.2, 0) is 19.0 Å². The number of hydrogen-bond donors (Lipinski definition) is 0. The minimum absolute atomic E-state index is 0.103. The number of aromatic nitrogens is 2. The summed E-state index contributed by atoms with van der Waals surface area (Å²) in [5, 5.41) is 11.5. The number of carbonyl (C=O) groups excluding carboxylic acids is 1. The van der Waals surface area contributed by atoms with Crippen molar-refractivity contribution in [1.82, 2.24) is 14.5 Å². The smallest absolute Gasteiger partial charge is 0.340 e. The number of aryl methyl sites for hydroxylation is 2. The van der Waals surface area contributed by atoms with Crippen molar-refractivity contribution in [3.05, 3.63) is 97.8 Å². The predicted molar refractivity (Wildman–Crippen MR) is 179 cm³/mol. The number of carbonyl (C=O) groups is 1. The summed E-state index contributed by atoms with van der Waals surface area (Å²) in [6, 6.07) is 12.3. The van der Waals surface area contributed by atoms with Gasteiger partial charge in [-0.3, -0.25) is 14.2 Å². The number of pyridine rings is 1. The average molecular weight is 643 g/mol. The minimum atomic E-state index is -4.46. The van der Waals surface area contributed by atoms with E-state index >= 15 is 0 Å². The summed E-state index contributed by atoms with van der Waals surface area (Å²) in [7, 11) is 0. The highest BCUT2D eigenvalue weighted by Gasteiger charge is 2.31. The van der Waals surface area contributed by atoms with E-state index in [1.54, 1.807) is 20.9 Å². The van der Waals surface area contributed by atoms with E-state index in [9.17, 15) is 28.0 Å². The van der Waals surface area contributed by atoms with Crippen molar-refractivity contribution in [2.75, 3.05) is 13.1 Å². The molecule has 0 radical (unpaired) electrons. The number of nitrogens with zero attached hydrogens (tertiary/aromatic N) is 4. The van der Waals surface area contributed by atoms with Gasteiger partial charge in [0.15, 0.2) is 0 Å². The molecule has 46 heavy (non-hydrogen) atoms. The van der Waals surface area contributed by atoms with Gasteiger partial charge < -0.3 is 4.90 Å². The predicted octanol–water partition coefficient (Wildman–Crippen LogP) is 8.21. The summed E-state index contributed by atoms with van der Waals surface area (Å²) in [4.78, 5) is 35.4. The van der Waals surface area contributed by atoms with Crippen molar-refractivity contribution in [2.24, 2.45) is 0 Å². The number of rotatable bonds is 7. The van der Waals surface area contributed by atoms with Crippen molar-refractivity contribution >= 4 is 30.0 Å². The van der Waals surface area contributed by atoms with E-state index in [1.165, 1.54) is 23.5 Å². The van der Waals surface area contributed by atoms with Gasteiger partial charge in [0.1, 0.15) is 5.01 Å². The molecule has 0 unspecified atom stereocenters. The van der Waals surface area contributed by atoms with Gasteiger partial charge >= 0.3 is 6.18 Å². The number of nitriles is 1. The molecule has 0 aliphatic carbocycles. The van der Waals surface area contributed by atoms with E-state index in [4.69, 9.17) is 4.98 Å². The van der Waals surface area contributed by atoms with Crippen LogP contribution in [0.15, 0.2) is 64.3 Å². The maximum absolute atomic E-state index is 14.7. The molecule has 0 spiro atoms. The van der Waals surface area contributed by atoms with E-state index < -0.39 is 11.7 Å². The first-order valence-electron chi connectivity index (χ1n) is 15.3. The first-order valence-corrected chi connectivity index (χ1v) is 16.2. The van der Waals surface area contributed by atoms with Gasteiger partial charge in [0.25, 0.3) is 18.2 Å². The fraction of sp³-hybridized carbons (Fsp3) is 0.314. The molecule has 2 aromatic carbocycles. The topological polar surface area (TPSA) is 79.0 Å². The Hall–Kier alpha value is -4.43. The molecule has 2 aromatic heterocycles. The lowest BCUT2D eigenvalue weighted by Crippen LogP contribution is -2.41. The first-order chi connectivity index (χ1) is 22.0. The molecule has 6 nitrogen and oxygen atoms in total. The molecule has 0 atom stereocenters. The zero-order valence-corrected chi connectivity index (χ0v) is 27.1. The number of thiazole rings is 1. The molecule has 0 bridgehead atoms. The Labute approximate surface area is 270 Å². The zero-order valence-electron chi connectivity index (χ0n) is 26.2. The number of para-hydroxylation sites is 1. The number of alkyl halides is 3. The van der Waals surface area contributed by atoms with Gasteiger partial charge in [0.05, 0.1) is 33.8 Å². The molecule has 4 aromatic rings. The molecular formula is C35H34BF3N4O2S. The summed E-state index contributed by atoms with van der Waals surface area (Å²) in [6.07, 6.45) is -0.115. The fourth-order valence-corrected chi connectivity index (χ4v) is 6.67. The molecule has 236 valence electrons. The van der Waals surface area contributed by atoms with Crippen LogP contribution in [0.4, 0.5) is 13.2 Å². The van der Waals surface area contributed by atoms with Gasteiger partial charge in [-0.1, -0.05) is 49.8 Å². The van der Waals surface area contributed by atoms with E-state index in [-0.39, 0.29) is 23.7 Å². The number of allylic oxidation sites excluding steroid dienone is 1. The number of amides is 1. The Morgan fingerprint density at radius 1 is 1.07 bits per heavy atom. The average Bonchev–Trinajstić information content (AvgIpc) is 3.54. The van der Waals surface area contributed by atoms with Crippen molar-refractivity contribution in [2.45, 2.75) is 59.4 Å². The molecule has 1 saturated heterocycles. The van der Waals surface area contributed by atoms with E-state index in [2.05, 4.69) is 5.97 Å². The lowest BCUT2D eigenvalue weighted by atomic mass is 9.45. The van der Waals surface area contributed by atoms with Crippen LogP contribution < -0.4 is 5.56 Å². The van der Waals surface area contributed by atoms with Gasteiger partial charge in [-0.15, -0.1) is 11.3 Å². The highest BCUT2D eigenvalue weighted by Crippen LogP contribution is 2.34. The van der Waals surface area contributed by atoms with Crippen molar-refractivity contribution in [3.63, 3.8) is 0 Å². The Morgan fingerprint density at radius 2 is 1.70 bits per heavy atom. The van der Waals surface area contributed by atoms with Crippen LogP contribution >= 0.6 is 11.3 Å². The highest BCUT2D eigenvalue weighted by atomic mass is 32.1. The molecule has 11 heteroatoms. The maximum Gasteiger partial charge on any atom is 0.416 e. The molecule has 5 rings (SSSR count). The first kappa shape index (κ1) is 33.0. The summed E-state index contributed by atoms with van der Waals surface area (Å²) < 4.78 is 41.1. The second-order valence-corrected chi connectivity index (χ2v) is 12.5. The standard InChI is InChI=1S/C35H34BF3N4O2S/c1-5-23-8-7-9-24(6-2)31(23)43-30(18-22(3)4)27(33(44)42-16-14-36(21-40)15-17-42)19-28(34(43)45)32-41-29(20-46-32)25-10-12-26(13-11-25)35(37,38)39/h7-13,18-20H,5-6,14-17H2,1-4H3. The maximum atomic E-state index is 14.7. The van der Waals surface area contributed by atoms with Crippen LogP contribution in [0.1, 0.15) is 60.4 Å². The molecule has 1 amide bonds. The Balaban J connectivity index is 1.75. The van der Waals surface area contributed by atoms with Gasteiger partial charge in [0.2, 0.25) is 0 Å². The van der Waals surface area contributed by atoms with Crippen molar-refractivity contribution < 1.29 is 18.0 Å². The molecular weight excluding hydrogens is 608 g/mol. The van der Waals surface area contributed by atoms with Gasteiger partial charge in [-0.2, -0.15) is 13.2 Å². The summed E-state index contributed by atoms with van der Waals surface area (Å²) in [5.74, 6) is 2.07. The fourth-order valence-electron chi connectivity index (χ4n) is 5.84. The third-order valence-corrected chi connectivity index (χ3v) is 9.17. The Morgan fingerprint density at radius 3 is 2.24 bits per heavy atom. The Bertz CT molecular complexity index is 1870. The van der Waals surface area contributed by atoms with Gasteiger partial charge in [-0.25, -0.2) is 10.2 Å². The molecule has 3 heterocycles. The number of halogens is 3. The lowest BCUT2D eigenvalue weighted by molar-refractivity contribution is -0.137. The molecule has 1 fully saturated rings. The van der Waals surface area contributed by atoms with Crippen LogP contribution in [0.25, 0.3) is 33.6 Å². The molecule has 0 N–H and O–H groups in total. The summed E-state index contributed by atoms with van der Waals surface area (Å²) in [6.45, 7) is 8.64. The SMILES string of the molecule is CCc1cccc(CC)c1-n1c(C=C(C)C)c(C(=O)N2CCB(C#N)CC2)cc(-c2nc(-c3ccc(C(F)(F)F)cc3)cs2)c1=O. The summed E-state index contributed by atoms with van der Waals surface area (Å²) >= 11 is 1.20. The zero-order chi connectivity index (χ0) is 33.2. The van der Waals surface area contributed by atoms with Gasteiger partial charge in [0, 0.05) is 30.0 Å². The normalized spacial score (nSPS) is 13.4. The quantitative estimate of drug-likeness (QED) is 0.191. The van der Waals surface area contributed by atoms with Crippen LogP contribution in [-0.4, -0.2) is 40.2 Å². The van der Waals surface area contributed by atoms with Crippen LogP contribution in [0, 0.1) is 11.2 Å². The van der Waals surface area contributed by atoms with Crippen LogP contribution in [0.2, 0.25) is 12.6 Å². The molecule has 0 saturated carbocycles. The lowest BCUT2D eigenvalue weighted by Gasteiger charge is -2.29. The minimum Gasteiger partial charge on any atom is -0.340 e. The van der Waals surface area contributed by atoms with Crippen LogP contribution in [0.5, 0.6) is 0 Å². The number of hydrogen-bond acceptors (Lipinski definition) is 5. The number of benzene rings is 2. The van der Waals surface area contributed by atoms with E-state index in [0.29, 0.717) is 66.1 Å². The second kappa shape index (κ2) is 13.5. The largest absolute Gasteiger partial charge is 0.416 e. The monoisotopic (exact) mass is 642 g/mol. The van der Waals surface area contributed by atoms with Crippen molar-refractivity contribution in [3.8, 4) is 33.5 Å². The van der Waals surface area contributed by atoms with Crippen LogP contribution in [0.3, 0.4) is 0 Å². The summed E-state index contributed by atoms with van der Waals surface area (Å²) in [5.41, 5.74) is 4.45. The highest BCUT2D eigenvalue weighted by molar-refractivity contribution is 7.13. The molecule has 1 aliphatic heterocycles. The van der Waals surface area contributed by atoms with Gasteiger partial charge in [-0.05, 0) is 74.7 Å². The Kier molecular flexibility index (Phi) is 9.68. The third kappa shape index (κ3) is 6.58. The third-order valence-electron chi connectivity index (χ3n) is 8.29. The van der Waals surface area contributed by atoms with E-state index in [0.717, 1.165) is 34.5 Å². The van der Waals surface area contributed by atoms with E-state index in [1.807, 2.05) is 52.0 Å². The van der Waals surface area contributed by atoms with Crippen molar-refractivity contribution in [1.29, 1.82) is 5.26 Å². The second-order valence-electron chi connectivity index (χ2n) is 11.7. The molecule has 1 aliphatic rings.